The van der Waals surface area contributed by atoms with E-state index in [0.717, 1.165) is 22.7 Å². The van der Waals surface area contributed by atoms with E-state index >= 15 is 0 Å². The number of hydrogen-bond acceptors (Lipinski definition) is 6. The normalized spacial score (nSPS) is 11.8. The van der Waals surface area contributed by atoms with Gasteiger partial charge in [-0.15, -0.1) is 0 Å². The topological polar surface area (TPSA) is 105 Å². The van der Waals surface area contributed by atoms with Gasteiger partial charge in [0.05, 0.1) is 24.3 Å². The second-order valence-corrected chi connectivity index (χ2v) is 11.9. The van der Waals surface area contributed by atoms with Crippen LogP contribution in [-0.2, 0) is 26.2 Å². The molecule has 0 aliphatic rings. The number of methoxy groups -OCH3 is 1. The molecule has 0 spiro atoms. The molecule has 0 aromatic heterocycles. The first kappa shape index (κ1) is 32.8. The molecule has 0 bridgehead atoms. The maximum absolute atomic E-state index is 14.1. The highest BCUT2D eigenvalue weighted by Gasteiger charge is 2.33. The molecule has 0 heterocycles. The minimum absolute atomic E-state index is 0.0456. The van der Waals surface area contributed by atoms with Crippen LogP contribution in [0.2, 0.25) is 5.02 Å². The van der Waals surface area contributed by atoms with Crippen LogP contribution >= 0.6 is 11.6 Å². The van der Waals surface area contributed by atoms with Crippen LogP contribution in [0.4, 0.5) is 5.69 Å². The molecule has 1 N–H and O–H groups in total. The highest BCUT2D eigenvalue weighted by molar-refractivity contribution is 7.92. The fourth-order valence-corrected chi connectivity index (χ4v) is 5.82. The van der Waals surface area contributed by atoms with E-state index in [2.05, 4.69) is 5.32 Å². The van der Waals surface area contributed by atoms with E-state index in [9.17, 15) is 18.0 Å². The summed E-state index contributed by atoms with van der Waals surface area (Å²) in [5.74, 6) is -0.00565. The molecule has 42 heavy (non-hydrogen) atoms. The van der Waals surface area contributed by atoms with Crippen molar-refractivity contribution >= 4 is 39.1 Å². The standard InChI is InChI=1S/C31H38ClN3O6S/c1-5-7-19-33-31(37)23(3)34(21-24-11-10-12-26(20-24)40-4)30(36)22-35(28-13-8-9-14-29(28)41-6-2)42(38,39)27-17-15-25(32)16-18-27/h8-18,20,23H,5-7,19,21-22H2,1-4H3,(H,33,37)/t23-/m0/s1. The second kappa shape index (κ2) is 15.5. The summed E-state index contributed by atoms with van der Waals surface area (Å²) < 4.78 is 40.2. The van der Waals surface area contributed by atoms with Crippen molar-refractivity contribution in [3.8, 4) is 11.5 Å². The van der Waals surface area contributed by atoms with Crippen LogP contribution in [0.25, 0.3) is 0 Å². The third-order valence-electron chi connectivity index (χ3n) is 6.60. The number of benzene rings is 3. The lowest BCUT2D eigenvalue weighted by molar-refractivity contribution is -0.139. The van der Waals surface area contributed by atoms with E-state index in [1.807, 2.05) is 13.0 Å². The molecular formula is C31H38ClN3O6S. The summed E-state index contributed by atoms with van der Waals surface area (Å²) in [7, 11) is -2.72. The Bertz CT molecular complexity index is 1450. The van der Waals surface area contributed by atoms with Crippen molar-refractivity contribution in [1.82, 2.24) is 10.2 Å². The predicted octanol–water partition coefficient (Wildman–Crippen LogP) is 5.28. The number of amides is 2. The zero-order valence-corrected chi connectivity index (χ0v) is 26.0. The Kier molecular flexibility index (Phi) is 12.1. The summed E-state index contributed by atoms with van der Waals surface area (Å²) in [5, 5.41) is 3.25. The summed E-state index contributed by atoms with van der Waals surface area (Å²) in [4.78, 5) is 28.6. The van der Waals surface area contributed by atoms with Gasteiger partial charge in [-0.3, -0.25) is 13.9 Å². The summed E-state index contributed by atoms with van der Waals surface area (Å²) in [6.07, 6.45) is 1.70. The predicted molar refractivity (Wildman–Crippen MR) is 165 cm³/mol. The fourth-order valence-electron chi connectivity index (χ4n) is 4.27. The number of unbranched alkanes of at least 4 members (excludes halogenated alkanes) is 1. The number of halogens is 1. The molecule has 2 amide bonds. The maximum Gasteiger partial charge on any atom is 0.264 e. The Labute approximate surface area is 253 Å². The molecule has 0 fully saturated rings. The van der Waals surface area contributed by atoms with Gasteiger partial charge in [-0.2, -0.15) is 0 Å². The minimum atomic E-state index is -4.26. The molecule has 3 aromatic rings. The van der Waals surface area contributed by atoms with Crippen LogP contribution in [0.15, 0.2) is 77.7 Å². The zero-order valence-electron chi connectivity index (χ0n) is 24.4. The summed E-state index contributed by atoms with van der Waals surface area (Å²) in [5.41, 5.74) is 0.918. The lowest BCUT2D eigenvalue weighted by Crippen LogP contribution is -2.51. The van der Waals surface area contributed by atoms with Gasteiger partial charge < -0.3 is 19.7 Å². The Morgan fingerprint density at radius 1 is 1.00 bits per heavy atom. The fraction of sp³-hybridized carbons (Fsp3) is 0.355. The monoisotopic (exact) mass is 615 g/mol. The third-order valence-corrected chi connectivity index (χ3v) is 8.62. The van der Waals surface area contributed by atoms with Crippen molar-refractivity contribution in [2.24, 2.45) is 0 Å². The number of carbonyl (C=O) groups is 2. The number of para-hydroxylation sites is 2. The van der Waals surface area contributed by atoms with E-state index in [1.165, 1.54) is 29.2 Å². The Balaban J connectivity index is 2.06. The van der Waals surface area contributed by atoms with Crippen LogP contribution in [0.5, 0.6) is 11.5 Å². The highest BCUT2D eigenvalue weighted by Crippen LogP contribution is 2.33. The van der Waals surface area contributed by atoms with E-state index in [4.69, 9.17) is 21.1 Å². The van der Waals surface area contributed by atoms with E-state index in [1.54, 1.807) is 63.4 Å². The van der Waals surface area contributed by atoms with Crippen LogP contribution in [0.3, 0.4) is 0 Å². The molecule has 9 nitrogen and oxygen atoms in total. The molecular weight excluding hydrogens is 578 g/mol. The molecule has 0 saturated heterocycles. The highest BCUT2D eigenvalue weighted by atomic mass is 35.5. The van der Waals surface area contributed by atoms with Crippen molar-refractivity contribution in [2.45, 2.75) is 51.1 Å². The first-order chi connectivity index (χ1) is 20.1. The molecule has 0 aliphatic carbocycles. The van der Waals surface area contributed by atoms with Gasteiger partial charge in [0.15, 0.2) is 0 Å². The number of hydrogen-bond donors (Lipinski definition) is 1. The minimum Gasteiger partial charge on any atom is -0.497 e. The van der Waals surface area contributed by atoms with Crippen molar-refractivity contribution < 1.29 is 27.5 Å². The van der Waals surface area contributed by atoms with Crippen molar-refractivity contribution in [3.63, 3.8) is 0 Å². The van der Waals surface area contributed by atoms with Gasteiger partial charge >= 0.3 is 0 Å². The molecule has 0 unspecified atom stereocenters. The molecule has 3 rings (SSSR count). The number of nitrogens with one attached hydrogen (secondary N) is 1. The lowest BCUT2D eigenvalue weighted by Gasteiger charge is -2.32. The SMILES string of the molecule is CCCCNC(=O)[C@H](C)N(Cc1cccc(OC)c1)C(=O)CN(c1ccccc1OCC)S(=O)(=O)c1ccc(Cl)cc1. The van der Waals surface area contributed by atoms with Gasteiger partial charge in [0.2, 0.25) is 11.8 Å². The lowest BCUT2D eigenvalue weighted by atomic mass is 10.1. The Morgan fingerprint density at radius 3 is 2.38 bits per heavy atom. The van der Waals surface area contributed by atoms with Gasteiger partial charge in [-0.25, -0.2) is 8.42 Å². The summed E-state index contributed by atoms with van der Waals surface area (Å²) in [6, 6.07) is 18.6. The molecule has 0 saturated carbocycles. The number of rotatable bonds is 15. The van der Waals surface area contributed by atoms with Crippen molar-refractivity contribution in [2.75, 3.05) is 31.1 Å². The summed E-state index contributed by atoms with van der Waals surface area (Å²) in [6.45, 7) is 5.67. The number of carbonyl (C=O) groups excluding carboxylic acids is 2. The van der Waals surface area contributed by atoms with Crippen LogP contribution in [-0.4, -0.2) is 58.0 Å². The maximum atomic E-state index is 14.1. The van der Waals surface area contributed by atoms with Gasteiger partial charge in [0.25, 0.3) is 10.0 Å². The second-order valence-electron chi connectivity index (χ2n) is 9.56. The number of anilines is 1. The third kappa shape index (κ3) is 8.39. The first-order valence-corrected chi connectivity index (χ1v) is 15.6. The molecule has 0 radical (unpaired) electrons. The number of nitrogens with zero attached hydrogens (tertiary/aromatic N) is 2. The molecule has 3 aromatic carbocycles. The average molecular weight is 616 g/mol. The molecule has 1 atom stereocenters. The first-order valence-electron chi connectivity index (χ1n) is 13.8. The average Bonchev–Trinajstić information content (AvgIpc) is 2.99. The van der Waals surface area contributed by atoms with Gasteiger partial charge in [-0.1, -0.05) is 49.2 Å². The largest absolute Gasteiger partial charge is 0.497 e. The van der Waals surface area contributed by atoms with Crippen LogP contribution < -0.4 is 19.1 Å². The number of ether oxygens (including phenoxy) is 2. The Hall–Kier alpha value is -3.76. The number of sulfonamides is 1. The smallest absolute Gasteiger partial charge is 0.264 e. The quantitative estimate of drug-likeness (QED) is 0.233. The van der Waals surface area contributed by atoms with E-state index in [0.29, 0.717) is 23.1 Å². The Morgan fingerprint density at radius 2 is 1.71 bits per heavy atom. The molecule has 11 heteroatoms. The summed E-state index contributed by atoms with van der Waals surface area (Å²) >= 11 is 6.02. The van der Waals surface area contributed by atoms with Gasteiger partial charge in [0, 0.05) is 18.1 Å². The van der Waals surface area contributed by atoms with E-state index < -0.39 is 28.5 Å². The van der Waals surface area contributed by atoms with Crippen molar-refractivity contribution in [3.05, 3.63) is 83.4 Å². The van der Waals surface area contributed by atoms with Gasteiger partial charge in [0.1, 0.15) is 24.1 Å². The zero-order chi connectivity index (χ0) is 30.7. The molecule has 226 valence electrons. The van der Waals surface area contributed by atoms with E-state index in [-0.39, 0.29) is 29.6 Å². The molecule has 0 aliphatic heterocycles. The van der Waals surface area contributed by atoms with Crippen molar-refractivity contribution in [1.29, 1.82) is 0 Å². The van der Waals surface area contributed by atoms with Gasteiger partial charge in [-0.05, 0) is 74.4 Å². The van der Waals surface area contributed by atoms with Crippen LogP contribution in [0.1, 0.15) is 39.2 Å². The van der Waals surface area contributed by atoms with Crippen LogP contribution in [0, 0.1) is 0 Å².